The summed E-state index contributed by atoms with van der Waals surface area (Å²) in [5.41, 5.74) is 13.6. The highest BCUT2D eigenvalue weighted by Crippen LogP contribution is 2.41. The van der Waals surface area contributed by atoms with E-state index in [9.17, 15) is 0 Å². The molecule has 0 bridgehead atoms. The lowest BCUT2D eigenvalue weighted by molar-refractivity contribution is 0.669. The molecule has 0 saturated carbocycles. The van der Waals surface area contributed by atoms with Crippen molar-refractivity contribution < 1.29 is 4.42 Å². The smallest absolute Gasteiger partial charge is 0.136 e. The highest BCUT2D eigenvalue weighted by atomic mass is 16.3. The summed E-state index contributed by atoms with van der Waals surface area (Å²) in [5.74, 6) is 0. The van der Waals surface area contributed by atoms with Crippen LogP contribution in [-0.4, -0.2) is 9.13 Å². The largest absolute Gasteiger partial charge is 0.456 e. The molecule has 0 spiro atoms. The number of aromatic nitrogens is 2. The van der Waals surface area contributed by atoms with Gasteiger partial charge >= 0.3 is 0 Å². The van der Waals surface area contributed by atoms with Crippen molar-refractivity contribution in [2.75, 3.05) is 0 Å². The maximum absolute atomic E-state index is 6.27. The molecular weight excluding hydrogens is 621 g/mol. The number of furan rings is 1. The lowest BCUT2D eigenvalue weighted by atomic mass is 9.99. The van der Waals surface area contributed by atoms with Gasteiger partial charge in [0.15, 0.2) is 0 Å². The molecule has 0 aliphatic carbocycles. The van der Waals surface area contributed by atoms with Crippen molar-refractivity contribution in [3.05, 3.63) is 182 Å². The lowest BCUT2D eigenvalue weighted by Gasteiger charge is -2.12. The molecule has 3 heterocycles. The topological polar surface area (TPSA) is 23.0 Å². The molecule has 0 aliphatic heterocycles. The minimum atomic E-state index is 0.906. The van der Waals surface area contributed by atoms with Gasteiger partial charge in [0, 0.05) is 43.7 Å². The minimum absolute atomic E-state index is 0.906. The summed E-state index contributed by atoms with van der Waals surface area (Å²) in [5, 5.41) is 7.27. The molecule has 3 aromatic heterocycles. The van der Waals surface area contributed by atoms with Crippen LogP contribution in [0.25, 0.3) is 99.2 Å². The van der Waals surface area contributed by atoms with Crippen LogP contribution in [0.15, 0.2) is 186 Å². The molecule has 11 aromatic rings. The first-order valence-electron chi connectivity index (χ1n) is 17.4. The summed E-state index contributed by atoms with van der Waals surface area (Å²) in [6.07, 6.45) is 0. The van der Waals surface area contributed by atoms with Crippen molar-refractivity contribution in [1.29, 1.82) is 0 Å². The predicted molar refractivity (Wildman–Crippen MR) is 213 cm³/mol. The fraction of sp³-hybridized carbons (Fsp3) is 0. The summed E-state index contributed by atoms with van der Waals surface area (Å²) in [6, 6.07) is 65.5. The van der Waals surface area contributed by atoms with Crippen LogP contribution in [0, 0.1) is 0 Å². The first-order chi connectivity index (χ1) is 25.3. The second kappa shape index (κ2) is 10.8. The van der Waals surface area contributed by atoms with Crippen molar-refractivity contribution >= 4 is 65.6 Å². The number of fused-ring (bicyclic) bond motifs is 9. The Kier molecular flexibility index (Phi) is 5.96. The number of rotatable bonds is 4. The predicted octanol–water partition coefficient (Wildman–Crippen LogP) is 13.1. The first-order valence-corrected chi connectivity index (χ1v) is 17.4. The van der Waals surface area contributed by atoms with Gasteiger partial charge < -0.3 is 13.6 Å². The summed E-state index contributed by atoms with van der Waals surface area (Å²) < 4.78 is 11.1. The maximum Gasteiger partial charge on any atom is 0.136 e. The van der Waals surface area contributed by atoms with Gasteiger partial charge in [0.1, 0.15) is 11.2 Å². The second-order valence-corrected chi connectivity index (χ2v) is 13.3. The van der Waals surface area contributed by atoms with E-state index in [4.69, 9.17) is 4.42 Å². The van der Waals surface area contributed by atoms with E-state index in [-0.39, 0.29) is 0 Å². The third-order valence-corrected chi connectivity index (χ3v) is 10.5. The highest BCUT2D eigenvalue weighted by Gasteiger charge is 2.19. The number of hydrogen-bond acceptors (Lipinski definition) is 1. The summed E-state index contributed by atoms with van der Waals surface area (Å²) in [4.78, 5) is 0. The molecule has 238 valence electrons. The molecule has 3 heteroatoms. The van der Waals surface area contributed by atoms with Crippen LogP contribution in [0.2, 0.25) is 0 Å². The summed E-state index contributed by atoms with van der Waals surface area (Å²) in [6.45, 7) is 0. The minimum Gasteiger partial charge on any atom is -0.456 e. The SMILES string of the molecule is c1ccc(-c2ccc(-n3c4ccccc4c4cc5c6ccccc6n(-c6cccc(-c7cccc8oc9ccccc9c78)c6)c5cc43)cc2)cc1. The average molecular weight is 651 g/mol. The van der Waals surface area contributed by atoms with E-state index in [1.165, 1.54) is 60.3 Å². The Morgan fingerprint density at radius 3 is 1.63 bits per heavy atom. The molecule has 0 fully saturated rings. The quantitative estimate of drug-likeness (QED) is 0.186. The van der Waals surface area contributed by atoms with E-state index in [0.29, 0.717) is 0 Å². The van der Waals surface area contributed by atoms with Crippen molar-refractivity contribution in [1.82, 2.24) is 9.13 Å². The zero-order valence-corrected chi connectivity index (χ0v) is 27.6. The van der Waals surface area contributed by atoms with E-state index >= 15 is 0 Å². The fourth-order valence-corrected chi connectivity index (χ4v) is 8.25. The Hall–Kier alpha value is -6.84. The van der Waals surface area contributed by atoms with Gasteiger partial charge in [-0.05, 0) is 82.9 Å². The Morgan fingerprint density at radius 1 is 0.314 bits per heavy atom. The van der Waals surface area contributed by atoms with Crippen LogP contribution in [0.3, 0.4) is 0 Å². The van der Waals surface area contributed by atoms with Crippen LogP contribution >= 0.6 is 0 Å². The van der Waals surface area contributed by atoms with E-state index in [0.717, 1.165) is 38.9 Å². The molecule has 0 radical (unpaired) electrons. The Bertz CT molecular complexity index is 3120. The van der Waals surface area contributed by atoms with Gasteiger partial charge in [-0.1, -0.05) is 121 Å². The third-order valence-electron chi connectivity index (χ3n) is 10.5. The Morgan fingerprint density at radius 2 is 0.882 bits per heavy atom. The summed E-state index contributed by atoms with van der Waals surface area (Å²) in [7, 11) is 0. The molecule has 0 aliphatic rings. The summed E-state index contributed by atoms with van der Waals surface area (Å²) >= 11 is 0. The number of hydrogen-bond donors (Lipinski definition) is 0. The second-order valence-electron chi connectivity index (χ2n) is 13.3. The van der Waals surface area contributed by atoms with Crippen LogP contribution in [0.1, 0.15) is 0 Å². The fourth-order valence-electron chi connectivity index (χ4n) is 8.25. The van der Waals surface area contributed by atoms with Crippen molar-refractivity contribution in [3.63, 3.8) is 0 Å². The first kappa shape index (κ1) is 28.0. The molecule has 0 N–H and O–H groups in total. The normalized spacial score (nSPS) is 11.9. The zero-order chi connectivity index (χ0) is 33.5. The lowest BCUT2D eigenvalue weighted by Crippen LogP contribution is -1.96. The van der Waals surface area contributed by atoms with Crippen LogP contribution in [0.5, 0.6) is 0 Å². The highest BCUT2D eigenvalue weighted by molar-refractivity contribution is 6.19. The van der Waals surface area contributed by atoms with E-state index in [2.05, 4.69) is 179 Å². The van der Waals surface area contributed by atoms with Crippen LogP contribution < -0.4 is 0 Å². The standard InChI is InChI=1S/C48H30N2O/c1-2-12-31(13-3-1)32-24-26-34(27-25-32)49-42-20-7-4-16-37(42)40-29-41-38-17-5-8-21-43(38)50(45(41)30-44(40)49)35-15-10-14-33(28-35)36-19-11-23-47-48(36)39-18-6-9-22-46(39)51-47/h1-30H. The van der Waals surface area contributed by atoms with Crippen molar-refractivity contribution in [2.24, 2.45) is 0 Å². The van der Waals surface area contributed by atoms with Gasteiger partial charge in [0.05, 0.1) is 22.1 Å². The van der Waals surface area contributed by atoms with Gasteiger partial charge in [-0.15, -0.1) is 0 Å². The zero-order valence-electron chi connectivity index (χ0n) is 27.6. The van der Waals surface area contributed by atoms with Crippen molar-refractivity contribution in [2.45, 2.75) is 0 Å². The molecule has 51 heavy (non-hydrogen) atoms. The van der Waals surface area contributed by atoms with Gasteiger partial charge in [0.25, 0.3) is 0 Å². The van der Waals surface area contributed by atoms with Gasteiger partial charge in [-0.2, -0.15) is 0 Å². The van der Waals surface area contributed by atoms with Gasteiger partial charge in [0.2, 0.25) is 0 Å². The number of nitrogens with zero attached hydrogens (tertiary/aromatic N) is 2. The molecule has 0 atom stereocenters. The molecule has 8 aromatic carbocycles. The molecule has 0 unspecified atom stereocenters. The van der Waals surface area contributed by atoms with E-state index in [1.54, 1.807) is 0 Å². The molecule has 0 saturated heterocycles. The molecular formula is C48H30N2O. The molecule has 3 nitrogen and oxygen atoms in total. The number of para-hydroxylation sites is 3. The third kappa shape index (κ3) is 4.19. The maximum atomic E-state index is 6.27. The Balaban J connectivity index is 1.16. The van der Waals surface area contributed by atoms with Gasteiger partial charge in [-0.25, -0.2) is 0 Å². The molecule has 0 amide bonds. The van der Waals surface area contributed by atoms with Gasteiger partial charge in [-0.3, -0.25) is 0 Å². The van der Waals surface area contributed by atoms with E-state index in [1.807, 2.05) is 12.1 Å². The number of benzene rings is 8. The van der Waals surface area contributed by atoms with E-state index < -0.39 is 0 Å². The Labute approximate surface area is 293 Å². The van der Waals surface area contributed by atoms with Crippen molar-refractivity contribution in [3.8, 4) is 33.6 Å². The van der Waals surface area contributed by atoms with Crippen LogP contribution in [0.4, 0.5) is 0 Å². The van der Waals surface area contributed by atoms with Crippen LogP contribution in [-0.2, 0) is 0 Å². The average Bonchev–Trinajstić information content (AvgIpc) is 3.85. The molecule has 11 rings (SSSR count). The monoisotopic (exact) mass is 650 g/mol.